The molecule has 0 aliphatic carbocycles. The summed E-state index contributed by atoms with van der Waals surface area (Å²) >= 11 is 0. The van der Waals surface area contributed by atoms with Gasteiger partial charge in [-0.15, -0.1) is 0 Å². The van der Waals surface area contributed by atoms with Crippen LogP contribution in [-0.2, 0) is 14.4 Å². The maximum absolute atomic E-state index is 11.6. The molecule has 6 heteroatoms. The quantitative estimate of drug-likeness (QED) is 0.337. The third-order valence-corrected chi connectivity index (χ3v) is 3.39. The van der Waals surface area contributed by atoms with Crippen LogP contribution in [0.3, 0.4) is 0 Å². The lowest BCUT2D eigenvalue weighted by Gasteiger charge is -2.06. The number of rotatable bonds is 14. The number of carbonyl (C=O) groups excluding carboxylic acids is 2. The van der Waals surface area contributed by atoms with Gasteiger partial charge in [0.1, 0.15) is 0 Å². The first-order valence-electron chi connectivity index (χ1n) is 8.35. The summed E-state index contributed by atoms with van der Waals surface area (Å²) in [5.74, 6) is -0.845. The number of hydrogen-bond donors (Lipinski definition) is 3. The second-order valence-electron chi connectivity index (χ2n) is 5.75. The Bertz CT molecular complexity index is 394. The van der Waals surface area contributed by atoms with Crippen LogP contribution in [-0.4, -0.2) is 36.0 Å². The lowest BCUT2D eigenvalue weighted by atomic mass is 10.1. The van der Waals surface area contributed by atoms with Crippen LogP contribution in [0.5, 0.6) is 0 Å². The van der Waals surface area contributed by atoms with Crippen molar-refractivity contribution in [1.82, 2.24) is 10.6 Å². The average Bonchev–Trinajstić information content (AvgIpc) is 2.48. The molecule has 0 atom stereocenters. The molecule has 0 heterocycles. The summed E-state index contributed by atoms with van der Waals surface area (Å²) < 4.78 is 0. The Morgan fingerprint density at radius 3 is 1.91 bits per heavy atom. The molecule has 0 saturated carbocycles. The number of amides is 2. The summed E-state index contributed by atoms with van der Waals surface area (Å²) in [4.78, 5) is 33.1. The van der Waals surface area contributed by atoms with Gasteiger partial charge in [-0.3, -0.25) is 14.4 Å². The molecule has 0 rings (SSSR count). The van der Waals surface area contributed by atoms with E-state index in [2.05, 4.69) is 17.2 Å². The summed E-state index contributed by atoms with van der Waals surface area (Å²) in [6, 6.07) is 0. The molecule has 132 valence electrons. The van der Waals surface area contributed by atoms with Crippen LogP contribution >= 0.6 is 0 Å². The molecule has 0 fully saturated rings. The topological polar surface area (TPSA) is 95.5 Å². The van der Waals surface area contributed by atoms with E-state index in [0.717, 1.165) is 38.5 Å². The fourth-order valence-electron chi connectivity index (χ4n) is 2.03. The fourth-order valence-corrected chi connectivity index (χ4v) is 2.03. The Hall–Kier alpha value is -1.85. The minimum atomic E-state index is -0.735. The van der Waals surface area contributed by atoms with E-state index in [4.69, 9.17) is 5.11 Å². The van der Waals surface area contributed by atoms with E-state index in [1.54, 1.807) is 6.92 Å². The number of aliphatic carboxylic acids is 1. The molecule has 0 saturated heterocycles. The standard InChI is InChI=1S/C17H30N2O4/c1-14(2)17(23)19-13-9-12-18-15(20)10-7-5-3-4-6-8-11-16(21)22/h1,3-13H2,2H3,(H,18,20)(H,19,23)(H,21,22). The van der Waals surface area contributed by atoms with Gasteiger partial charge < -0.3 is 15.7 Å². The zero-order valence-corrected chi connectivity index (χ0v) is 14.2. The predicted molar refractivity (Wildman–Crippen MR) is 90.0 cm³/mol. The summed E-state index contributed by atoms with van der Waals surface area (Å²) in [5, 5.41) is 14.0. The average molecular weight is 326 g/mol. The number of unbranched alkanes of at least 4 members (excludes halogenated alkanes) is 5. The zero-order chi connectivity index (χ0) is 17.5. The Balaban J connectivity index is 3.33. The van der Waals surface area contributed by atoms with Gasteiger partial charge in [-0.25, -0.2) is 0 Å². The van der Waals surface area contributed by atoms with Crippen molar-refractivity contribution >= 4 is 17.8 Å². The molecule has 3 N–H and O–H groups in total. The molecule has 0 aromatic rings. The van der Waals surface area contributed by atoms with Gasteiger partial charge in [0, 0.05) is 31.5 Å². The summed E-state index contributed by atoms with van der Waals surface area (Å²) in [6.07, 6.45) is 7.06. The number of carbonyl (C=O) groups is 3. The fraction of sp³-hybridized carbons (Fsp3) is 0.706. The van der Waals surface area contributed by atoms with Gasteiger partial charge in [-0.2, -0.15) is 0 Å². The van der Waals surface area contributed by atoms with Crippen molar-refractivity contribution in [3.8, 4) is 0 Å². The Morgan fingerprint density at radius 2 is 1.35 bits per heavy atom. The first kappa shape index (κ1) is 21.1. The third kappa shape index (κ3) is 14.8. The molecule has 0 aliphatic heterocycles. The summed E-state index contributed by atoms with van der Waals surface area (Å²) in [6.45, 7) is 6.29. The van der Waals surface area contributed by atoms with Crippen LogP contribution < -0.4 is 10.6 Å². The van der Waals surface area contributed by atoms with Crippen LogP contribution in [0.25, 0.3) is 0 Å². The minimum absolute atomic E-state index is 0.0436. The maximum Gasteiger partial charge on any atom is 0.303 e. The van der Waals surface area contributed by atoms with Gasteiger partial charge in [-0.1, -0.05) is 32.3 Å². The van der Waals surface area contributed by atoms with Crippen molar-refractivity contribution in [2.45, 2.75) is 64.7 Å². The second-order valence-corrected chi connectivity index (χ2v) is 5.75. The van der Waals surface area contributed by atoms with E-state index in [1.807, 2.05) is 0 Å². The highest BCUT2D eigenvalue weighted by Gasteiger charge is 2.02. The van der Waals surface area contributed by atoms with E-state index in [1.165, 1.54) is 0 Å². The highest BCUT2D eigenvalue weighted by Crippen LogP contribution is 2.08. The first-order chi connectivity index (χ1) is 10.9. The van der Waals surface area contributed by atoms with Crippen molar-refractivity contribution in [3.63, 3.8) is 0 Å². The number of nitrogens with one attached hydrogen (secondary N) is 2. The van der Waals surface area contributed by atoms with Gasteiger partial charge in [0.25, 0.3) is 0 Å². The van der Waals surface area contributed by atoms with E-state index in [9.17, 15) is 14.4 Å². The van der Waals surface area contributed by atoms with Crippen molar-refractivity contribution in [2.75, 3.05) is 13.1 Å². The SMILES string of the molecule is C=C(C)C(=O)NCCCNC(=O)CCCCCCCCC(=O)O. The molecule has 6 nitrogen and oxygen atoms in total. The molecule has 0 radical (unpaired) electrons. The predicted octanol–water partition coefficient (Wildman–Crippen LogP) is 2.39. The van der Waals surface area contributed by atoms with Crippen molar-refractivity contribution in [1.29, 1.82) is 0 Å². The molecular formula is C17H30N2O4. The van der Waals surface area contributed by atoms with Gasteiger partial charge in [-0.05, 0) is 26.2 Å². The smallest absolute Gasteiger partial charge is 0.303 e. The van der Waals surface area contributed by atoms with E-state index >= 15 is 0 Å². The highest BCUT2D eigenvalue weighted by molar-refractivity contribution is 5.92. The van der Waals surface area contributed by atoms with Crippen LogP contribution in [0.1, 0.15) is 64.7 Å². The Kier molecular flexibility index (Phi) is 12.7. The molecule has 23 heavy (non-hydrogen) atoms. The van der Waals surface area contributed by atoms with Crippen molar-refractivity contribution < 1.29 is 19.5 Å². The molecule has 0 aliphatic rings. The van der Waals surface area contributed by atoms with Crippen LogP contribution in [0.2, 0.25) is 0 Å². The van der Waals surface area contributed by atoms with Gasteiger partial charge in [0.05, 0.1) is 0 Å². The van der Waals surface area contributed by atoms with Crippen molar-refractivity contribution in [2.24, 2.45) is 0 Å². The molecule has 0 bridgehead atoms. The van der Waals surface area contributed by atoms with E-state index < -0.39 is 5.97 Å². The normalized spacial score (nSPS) is 10.1. The largest absolute Gasteiger partial charge is 0.481 e. The molecular weight excluding hydrogens is 296 g/mol. The lowest BCUT2D eigenvalue weighted by molar-refractivity contribution is -0.137. The molecule has 0 unspecified atom stereocenters. The number of carboxylic acids is 1. The van der Waals surface area contributed by atoms with Crippen LogP contribution in [0.15, 0.2) is 12.2 Å². The monoisotopic (exact) mass is 326 g/mol. The van der Waals surface area contributed by atoms with E-state index in [0.29, 0.717) is 31.5 Å². The van der Waals surface area contributed by atoms with Gasteiger partial charge >= 0.3 is 5.97 Å². The maximum atomic E-state index is 11.6. The molecule has 0 aromatic carbocycles. The minimum Gasteiger partial charge on any atom is -0.481 e. The van der Waals surface area contributed by atoms with E-state index in [-0.39, 0.29) is 18.2 Å². The Labute approximate surface area is 138 Å². The molecule has 0 aromatic heterocycles. The van der Waals surface area contributed by atoms with Crippen LogP contribution in [0, 0.1) is 0 Å². The number of carboxylic acid groups (broad SMARTS) is 1. The van der Waals surface area contributed by atoms with Crippen LogP contribution in [0.4, 0.5) is 0 Å². The zero-order valence-electron chi connectivity index (χ0n) is 14.2. The highest BCUT2D eigenvalue weighted by atomic mass is 16.4. The molecule has 2 amide bonds. The Morgan fingerprint density at radius 1 is 0.826 bits per heavy atom. The number of hydrogen-bond acceptors (Lipinski definition) is 3. The first-order valence-corrected chi connectivity index (χ1v) is 8.35. The van der Waals surface area contributed by atoms with Gasteiger partial charge in [0.15, 0.2) is 0 Å². The second kappa shape index (κ2) is 13.8. The summed E-state index contributed by atoms with van der Waals surface area (Å²) in [7, 11) is 0. The summed E-state index contributed by atoms with van der Waals surface area (Å²) in [5.41, 5.74) is 0.483. The van der Waals surface area contributed by atoms with Crippen molar-refractivity contribution in [3.05, 3.63) is 12.2 Å². The lowest BCUT2D eigenvalue weighted by Crippen LogP contribution is -2.29. The third-order valence-electron chi connectivity index (χ3n) is 3.39. The van der Waals surface area contributed by atoms with Gasteiger partial charge in [0.2, 0.25) is 11.8 Å². The molecule has 0 spiro atoms.